The zero-order chi connectivity index (χ0) is 19.7. The maximum absolute atomic E-state index is 12.6. The van der Waals surface area contributed by atoms with E-state index < -0.39 is 0 Å². The largest absolute Gasteiger partial charge is 0.364 e. The van der Waals surface area contributed by atoms with Crippen LogP contribution in [-0.2, 0) is 24.3 Å². The number of hydrogen-bond donors (Lipinski definition) is 1. The fourth-order valence-electron chi connectivity index (χ4n) is 3.87. The Bertz CT molecular complexity index is 1000. The second-order valence-corrected chi connectivity index (χ2v) is 8.34. The van der Waals surface area contributed by atoms with Gasteiger partial charge in [-0.2, -0.15) is 0 Å². The number of carbonyl (C=O) groups is 1. The molecule has 1 amide bonds. The van der Waals surface area contributed by atoms with Crippen LogP contribution in [0.4, 0.5) is 11.4 Å². The summed E-state index contributed by atoms with van der Waals surface area (Å²) in [5.74, 6) is 0.00727. The Hall–Kier alpha value is -2.53. The fourth-order valence-corrected chi connectivity index (χ4v) is 4.32. The van der Waals surface area contributed by atoms with Crippen LogP contribution in [-0.4, -0.2) is 17.0 Å². The van der Waals surface area contributed by atoms with E-state index in [0.29, 0.717) is 6.42 Å². The topological polar surface area (TPSA) is 37.3 Å². The summed E-state index contributed by atoms with van der Waals surface area (Å²) in [6.07, 6.45) is 2.51. The molecule has 2 heterocycles. The second kappa shape index (κ2) is 7.84. The van der Waals surface area contributed by atoms with Gasteiger partial charge in [-0.3, -0.25) is 4.79 Å². The van der Waals surface area contributed by atoms with E-state index in [-0.39, 0.29) is 5.91 Å². The quantitative estimate of drug-likeness (QED) is 0.618. The number of carbonyl (C=O) groups excluding carboxylic acids is 1. The molecule has 1 aromatic heterocycles. The number of nitrogens with zero attached hydrogens (tertiary/aromatic N) is 2. The first-order valence-electron chi connectivity index (χ1n) is 9.54. The van der Waals surface area contributed by atoms with Crippen molar-refractivity contribution in [3.05, 3.63) is 81.6 Å². The molecule has 28 heavy (non-hydrogen) atoms. The zero-order valence-electron chi connectivity index (χ0n) is 16.2. The molecular formula is C23H24BrN3O. The standard InChI is InChI=1S/C23H24BrN3O/c1-16-11-21(27-10-9-26-8-4-7-20(26)15-27)12-17(2)23(16)25-22(28)14-18-5-3-6-19(24)13-18/h3-8,11-13H,9-10,14-15H2,1-2H3,(H,25,28). The van der Waals surface area contributed by atoms with Crippen LogP contribution in [0, 0.1) is 13.8 Å². The fraction of sp³-hybridized carbons (Fsp3) is 0.261. The average Bonchev–Trinajstić information content (AvgIpc) is 3.12. The number of amides is 1. The molecule has 0 fully saturated rings. The molecule has 0 atom stereocenters. The van der Waals surface area contributed by atoms with Crippen LogP contribution in [0.15, 0.2) is 59.2 Å². The summed E-state index contributed by atoms with van der Waals surface area (Å²) in [7, 11) is 0. The Balaban J connectivity index is 1.49. The van der Waals surface area contributed by atoms with Gasteiger partial charge in [0.1, 0.15) is 0 Å². The van der Waals surface area contributed by atoms with Crippen molar-refractivity contribution >= 4 is 33.2 Å². The van der Waals surface area contributed by atoms with Crippen molar-refractivity contribution in [1.29, 1.82) is 0 Å². The van der Waals surface area contributed by atoms with Crippen molar-refractivity contribution in [3.8, 4) is 0 Å². The summed E-state index contributed by atoms with van der Waals surface area (Å²) in [4.78, 5) is 15.0. The lowest BCUT2D eigenvalue weighted by atomic mass is 10.1. The van der Waals surface area contributed by atoms with Crippen LogP contribution >= 0.6 is 15.9 Å². The SMILES string of the molecule is Cc1cc(N2CCn3cccc3C2)cc(C)c1NC(=O)Cc1cccc(Br)c1. The van der Waals surface area contributed by atoms with E-state index in [1.807, 2.05) is 24.3 Å². The second-order valence-electron chi connectivity index (χ2n) is 7.42. The van der Waals surface area contributed by atoms with Crippen LogP contribution in [0.3, 0.4) is 0 Å². The van der Waals surface area contributed by atoms with E-state index in [4.69, 9.17) is 0 Å². The molecule has 0 bridgehead atoms. The number of rotatable bonds is 4. The summed E-state index contributed by atoms with van der Waals surface area (Å²) >= 11 is 3.46. The summed E-state index contributed by atoms with van der Waals surface area (Å²) in [6.45, 7) is 7.05. The van der Waals surface area contributed by atoms with Gasteiger partial charge in [0.15, 0.2) is 0 Å². The molecule has 0 saturated carbocycles. The van der Waals surface area contributed by atoms with Gasteiger partial charge in [-0.05, 0) is 66.9 Å². The number of hydrogen-bond acceptors (Lipinski definition) is 2. The van der Waals surface area contributed by atoms with Crippen LogP contribution in [0.1, 0.15) is 22.4 Å². The summed E-state index contributed by atoms with van der Waals surface area (Å²) in [5, 5.41) is 3.11. The first-order chi connectivity index (χ1) is 13.5. The number of aryl methyl sites for hydroxylation is 2. The number of aromatic nitrogens is 1. The monoisotopic (exact) mass is 437 g/mol. The molecule has 0 spiro atoms. The predicted octanol–water partition coefficient (Wildman–Crippen LogP) is 5.07. The van der Waals surface area contributed by atoms with Crippen molar-refractivity contribution in [2.24, 2.45) is 0 Å². The lowest BCUT2D eigenvalue weighted by Crippen LogP contribution is -2.33. The average molecular weight is 438 g/mol. The van der Waals surface area contributed by atoms with Crippen molar-refractivity contribution in [2.45, 2.75) is 33.4 Å². The first-order valence-corrected chi connectivity index (χ1v) is 10.3. The predicted molar refractivity (Wildman–Crippen MR) is 118 cm³/mol. The molecule has 5 heteroatoms. The summed E-state index contributed by atoms with van der Waals surface area (Å²) in [6, 6.07) is 16.5. The van der Waals surface area contributed by atoms with Gasteiger partial charge in [0.05, 0.1) is 13.0 Å². The summed E-state index contributed by atoms with van der Waals surface area (Å²) < 4.78 is 3.30. The minimum atomic E-state index is 0.00727. The molecule has 4 nitrogen and oxygen atoms in total. The van der Waals surface area contributed by atoms with Gasteiger partial charge in [-0.25, -0.2) is 0 Å². The van der Waals surface area contributed by atoms with Gasteiger partial charge < -0.3 is 14.8 Å². The van der Waals surface area contributed by atoms with E-state index in [9.17, 15) is 4.79 Å². The molecule has 0 saturated heterocycles. The highest BCUT2D eigenvalue weighted by molar-refractivity contribution is 9.10. The maximum Gasteiger partial charge on any atom is 0.228 e. The maximum atomic E-state index is 12.6. The summed E-state index contributed by atoms with van der Waals surface area (Å²) in [5.41, 5.74) is 6.66. The van der Waals surface area contributed by atoms with Gasteiger partial charge in [0.2, 0.25) is 5.91 Å². The van der Waals surface area contributed by atoms with E-state index in [2.05, 4.69) is 75.0 Å². The molecule has 0 unspecified atom stereocenters. The van der Waals surface area contributed by atoms with Crippen LogP contribution in [0.5, 0.6) is 0 Å². The molecule has 2 aromatic carbocycles. The minimum Gasteiger partial charge on any atom is -0.364 e. The third kappa shape index (κ3) is 3.99. The van der Waals surface area contributed by atoms with Crippen LogP contribution in [0.2, 0.25) is 0 Å². The highest BCUT2D eigenvalue weighted by Gasteiger charge is 2.18. The van der Waals surface area contributed by atoms with Gasteiger partial charge in [0, 0.05) is 40.8 Å². The highest BCUT2D eigenvalue weighted by Crippen LogP contribution is 2.29. The van der Waals surface area contributed by atoms with E-state index >= 15 is 0 Å². The van der Waals surface area contributed by atoms with Gasteiger partial charge in [0.25, 0.3) is 0 Å². The number of benzene rings is 2. The molecule has 1 aliphatic heterocycles. The Morgan fingerprint density at radius 2 is 1.86 bits per heavy atom. The van der Waals surface area contributed by atoms with Gasteiger partial charge >= 0.3 is 0 Å². The third-order valence-corrected chi connectivity index (χ3v) is 5.78. The number of halogens is 1. The molecule has 144 valence electrons. The number of nitrogens with one attached hydrogen (secondary N) is 1. The Morgan fingerprint density at radius 1 is 1.07 bits per heavy atom. The van der Waals surface area contributed by atoms with Crippen LogP contribution < -0.4 is 10.2 Å². The van der Waals surface area contributed by atoms with E-state index in [1.54, 1.807) is 0 Å². The van der Waals surface area contributed by atoms with Crippen molar-refractivity contribution in [3.63, 3.8) is 0 Å². The highest BCUT2D eigenvalue weighted by atomic mass is 79.9. The molecule has 0 aliphatic carbocycles. The van der Waals surface area contributed by atoms with E-state index in [1.165, 1.54) is 11.4 Å². The number of anilines is 2. The Labute approximate surface area is 174 Å². The van der Waals surface area contributed by atoms with Crippen molar-refractivity contribution < 1.29 is 4.79 Å². The normalized spacial score (nSPS) is 13.3. The minimum absolute atomic E-state index is 0.00727. The van der Waals surface area contributed by atoms with Gasteiger partial charge in [-0.15, -0.1) is 0 Å². The molecule has 0 radical (unpaired) electrons. The smallest absolute Gasteiger partial charge is 0.228 e. The first kappa shape index (κ1) is 18.8. The Kier molecular flexibility index (Phi) is 5.27. The van der Waals surface area contributed by atoms with Gasteiger partial charge in [-0.1, -0.05) is 28.1 Å². The van der Waals surface area contributed by atoms with Crippen LogP contribution in [0.25, 0.3) is 0 Å². The lowest BCUT2D eigenvalue weighted by Gasteiger charge is -2.31. The molecule has 1 N–H and O–H groups in total. The lowest BCUT2D eigenvalue weighted by molar-refractivity contribution is -0.115. The zero-order valence-corrected chi connectivity index (χ0v) is 17.8. The van der Waals surface area contributed by atoms with Crippen molar-refractivity contribution in [2.75, 3.05) is 16.8 Å². The third-order valence-electron chi connectivity index (χ3n) is 5.29. The number of fused-ring (bicyclic) bond motifs is 1. The molecular weight excluding hydrogens is 414 g/mol. The Morgan fingerprint density at radius 3 is 2.61 bits per heavy atom. The van der Waals surface area contributed by atoms with Crippen molar-refractivity contribution in [1.82, 2.24) is 4.57 Å². The molecule has 4 rings (SSSR count). The molecule has 1 aliphatic rings. The van der Waals surface area contributed by atoms with E-state index in [0.717, 1.165) is 46.5 Å². The molecule has 3 aromatic rings.